The summed E-state index contributed by atoms with van der Waals surface area (Å²) in [6.07, 6.45) is 38.5. The van der Waals surface area contributed by atoms with Crippen LogP contribution in [0, 0.1) is 11.8 Å². The number of carbonyl (C=O) groups excluding carboxylic acids is 2. The zero-order valence-electron chi connectivity index (χ0n) is 32.6. The third kappa shape index (κ3) is 26.5. The molecule has 2 saturated heterocycles. The molecule has 4 atom stereocenters. The van der Waals surface area contributed by atoms with Crippen molar-refractivity contribution in [2.24, 2.45) is 11.8 Å². The van der Waals surface area contributed by atoms with Crippen molar-refractivity contribution in [3.05, 3.63) is 11.6 Å². The molecule has 0 aromatic rings. The van der Waals surface area contributed by atoms with E-state index in [1.165, 1.54) is 147 Å². The lowest BCUT2D eigenvalue weighted by atomic mass is 9.83. The SMILES string of the molecule is CC1=CC(O)CC(CC(C)C)C1.CCCCCCCCCCCC1CCC(=O)O1.CCCCCCCCCCCCCC1CCC(=O)O1. The second-order valence-electron chi connectivity index (χ2n) is 15.8. The van der Waals surface area contributed by atoms with E-state index in [1.807, 2.05) is 6.08 Å². The maximum absolute atomic E-state index is 10.9. The van der Waals surface area contributed by atoms with Crippen molar-refractivity contribution in [3.8, 4) is 0 Å². The molecule has 0 amide bonds. The fourth-order valence-corrected chi connectivity index (χ4v) is 7.48. The molecule has 2 heterocycles. The van der Waals surface area contributed by atoms with Crippen molar-refractivity contribution >= 4 is 11.9 Å². The lowest BCUT2D eigenvalue weighted by molar-refractivity contribution is -0.142. The van der Waals surface area contributed by atoms with Crippen LogP contribution >= 0.6 is 0 Å². The normalized spacial score (nSPS) is 22.0. The number of rotatable bonds is 24. The van der Waals surface area contributed by atoms with Crippen LogP contribution in [0.4, 0.5) is 0 Å². The summed E-state index contributed by atoms with van der Waals surface area (Å²) in [6, 6.07) is 0. The molecule has 1 aliphatic carbocycles. The fraction of sp³-hybridized carbons (Fsp3) is 0.907. The minimum Gasteiger partial charge on any atom is -0.462 e. The van der Waals surface area contributed by atoms with Crippen molar-refractivity contribution in [3.63, 3.8) is 0 Å². The van der Waals surface area contributed by atoms with E-state index < -0.39 is 0 Å². The quantitative estimate of drug-likeness (QED) is 0.0626. The molecule has 0 saturated carbocycles. The highest BCUT2D eigenvalue weighted by atomic mass is 16.6. The molecule has 1 N–H and O–H groups in total. The van der Waals surface area contributed by atoms with Crippen LogP contribution in [0.5, 0.6) is 0 Å². The molecule has 2 aliphatic heterocycles. The summed E-state index contributed by atoms with van der Waals surface area (Å²) in [5, 5.41) is 9.49. The number of hydrogen-bond acceptors (Lipinski definition) is 5. The average molecular weight is 677 g/mol. The Morgan fingerprint density at radius 2 is 1.02 bits per heavy atom. The average Bonchev–Trinajstić information content (AvgIpc) is 3.65. The van der Waals surface area contributed by atoms with Gasteiger partial charge in [-0.05, 0) is 76.5 Å². The van der Waals surface area contributed by atoms with Gasteiger partial charge in [0.1, 0.15) is 12.2 Å². The summed E-state index contributed by atoms with van der Waals surface area (Å²) in [7, 11) is 0. The number of carbonyl (C=O) groups is 2. The number of cyclic esters (lactones) is 2. The third-order valence-electron chi connectivity index (χ3n) is 10.2. The van der Waals surface area contributed by atoms with E-state index in [2.05, 4.69) is 34.6 Å². The van der Waals surface area contributed by atoms with E-state index in [4.69, 9.17) is 9.47 Å². The highest BCUT2D eigenvalue weighted by Crippen LogP contribution is 2.29. The monoisotopic (exact) mass is 677 g/mol. The highest BCUT2D eigenvalue weighted by Gasteiger charge is 2.23. The summed E-state index contributed by atoms with van der Waals surface area (Å²) >= 11 is 0. The molecular weight excluding hydrogens is 596 g/mol. The molecule has 48 heavy (non-hydrogen) atoms. The summed E-state index contributed by atoms with van der Waals surface area (Å²) < 4.78 is 10.4. The number of esters is 2. The largest absolute Gasteiger partial charge is 0.462 e. The van der Waals surface area contributed by atoms with E-state index >= 15 is 0 Å². The maximum atomic E-state index is 10.9. The number of allylic oxidation sites excluding steroid dienone is 1. The summed E-state index contributed by atoms with van der Waals surface area (Å²) in [6.45, 7) is 11.2. The number of aliphatic hydroxyl groups excluding tert-OH is 1. The van der Waals surface area contributed by atoms with Gasteiger partial charge in [-0.15, -0.1) is 0 Å². The standard InChI is InChI=1S/C17H32O2.C15H28O2.C11H20O/c1-2-3-4-5-6-7-8-9-10-11-12-13-16-14-15-17(18)19-16;1-2-3-4-5-6-7-8-9-10-11-14-12-13-15(16)17-14;1-8(2)4-10-5-9(3)6-11(12)7-10/h16H,2-15H2,1H3;14H,2-13H2,1H3;6,8,10-12H,4-5,7H2,1-3H3. The van der Waals surface area contributed by atoms with Crippen LogP contribution in [0.1, 0.15) is 221 Å². The fourth-order valence-electron chi connectivity index (χ4n) is 7.48. The molecule has 0 bridgehead atoms. The van der Waals surface area contributed by atoms with Crippen LogP contribution in [-0.4, -0.2) is 35.4 Å². The minimum absolute atomic E-state index is 0.00549. The van der Waals surface area contributed by atoms with Gasteiger partial charge in [-0.2, -0.15) is 0 Å². The number of ether oxygens (including phenoxy) is 2. The van der Waals surface area contributed by atoms with Crippen LogP contribution < -0.4 is 0 Å². The van der Waals surface area contributed by atoms with Gasteiger partial charge in [0.15, 0.2) is 0 Å². The molecule has 5 heteroatoms. The molecule has 0 spiro atoms. The van der Waals surface area contributed by atoms with Crippen LogP contribution in [-0.2, 0) is 19.1 Å². The smallest absolute Gasteiger partial charge is 0.306 e. The predicted octanol–water partition coefficient (Wildman–Crippen LogP) is 12.8. The molecule has 0 aromatic carbocycles. The molecule has 3 aliphatic rings. The molecule has 0 aromatic heterocycles. The first kappa shape index (κ1) is 44.7. The molecular formula is C43H80O5. The van der Waals surface area contributed by atoms with Crippen molar-refractivity contribution in [1.82, 2.24) is 0 Å². The van der Waals surface area contributed by atoms with Gasteiger partial charge in [0.2, 0.25) is 0 Å². The second kappa shape index (κ2) is 30.5. The van der Waals surface area contributed by atoms with Gasteiger partial charge in [0, 0.05) is 12.8 Å². The van der Waals surface area contributed by atoms with Gasteiger partial charge in [0.25, 0.3) is 0 Å². The van der Waals surface area contributed by atoms with E-state index in [0.717, 1.165) is 38.0 Å². The van der Waals surface area contributed by atoms with Gasteiger partial charge in [-0.25, -0.2) is 0 Å². The Balaban J connectivity index is 0.000000369. The third-order valence-corrected chi connectivity index (χ3v) is 10.2. The number of unbranched alkanes of at least 4 members (excludes halogenated alkanes) is 18. The van der Waals surface area contributed by atoms with Crippen molar-refractivity contribution in [2.75, 3.05) is 0 Å². The van der Waals surface area contributed by atoms with Crippen molar-refractivity contribution in [2.45, 2.75) is 239 Å². The summed E-state index contributed by atoms with van der Waals surface area (Å²) in [5.74, 6) is 1.48. The topological polar surface area (TPSA) is 72.8 Å². The highest BCUT2D eigenvalue weighted by molar-refractivity contribution is 5.71. The maximum Gasteiger partial charge on any atom is 0.306 e. The van der Waals surface area contributed by atoms with Crippen LogP contribution in [0.3, 0.4) is 0 Å². The Bertz CT molecular complexity index is 805. The molecule has 4 unspecified atom stereocenters. The lowest BCUT2D eigenvalue weighted by Gasteiger charge is -2.25. The van der Waals surface area contributed by atoms with E-state index in [-0.39, 0.29) is 30.3 Å². The van der Waals surface area contributed by atoms with Crippen LogP contribution in [0.2, 0.25) is 0 Å². The molecule has 282 valence electrons. The predicted molar refractivity (Wildman–Crippen MR) is 203 cm³/mol. The lowest BCUT2D eigenvalue weighted by Crippen LogP contribution is -2.18. The number of hydrogen-bond donors (Lipinski definition) is 1. The first-order valence-electron chi connectivity index (χ1n) is 21.0. The Labute approximate surface area is 298 Å². The molecule has 0 radical (unpaired) electrons. The van der Waals surface area contributed by atoms with Gasteiger partial charge < -0.3 is 14.6 Å². The van der Waals surface area contributed by atoms with Gasteiger partial charge in [-0.3, -0.25) is 9.59 Å². The van der Waals surface area contributed by atoms with E-state index in [0.29, 0.717) is 18.8 Å². The molecule has 3 rings (SSSR count). The Morgan fingerprint density at radius 1 is 0.646 bits per heavy atom. The van der Waals surface area contributed by atoms with Gasteiger partial charge >= 0.3 is 11.9 Å². The van der Waals surface area contributed by atoms with Gasteiger partial charge in [0.05, 0.1) is 6.10 Å². The first-order chi connectivity index (χ1) is 23.2. The van der Waals surface area contributed by atoms with E-state index in [1.54, 1.807) is 0 Å². The molecule has 2 fully saturated rings. The summed E-state index contributed by atoms with van der Waals surface area (Å²) in [4.78, 5) is 21.8. The second-order valence-corrected chi connectivity index (χ2v) is 15.8. The minimum atomic E-state index is -0.178. The van der Waals surface area contributed by atoms with Crippen molar-refractivity contribution < 1.29 is 24.2 Å². The number of aliphatic hydroxyl groups is 1. The Morgan fingerprint density at radius 3 is 1.33 bits per heavy atom. The molecule has 5 nitrogen and oxygen atoms in total. The van der Waals surface area contributed by atoms with Crippen LogP contribution in [0.15, 0.2) is 11.6 Å². The van der Waals surface area contributed by atoms with Gasteiger partial charge in [-0.1, -0.05) is 155 Å². The first-order valence-corrected chi connectivity index (χ1v) is 21.0. The Hall–Kier alpha value is -1.36. The zero-order valence-corrected chi connectivity index (χ0v) is 32.6. The Kier molecular flexibility index (Phi) is 28.3. The van der Waals surface area contributed by atoms with Crippen LogP contribution in [0.25, 0.3) is 0 Å². The zero-order chi connectivity index (χ0) is 35.2. The van der Waals surface area contributed by atoms with E-state index in [9.17, 15) is 14.7 Å². The summed E-state index contributed by atoms with van der Waals surface area (Å²) in [5.41, 5.74) is 1.36. The van der Waals surface area contributed by atoms with Crippen molar-refractivity contribution in [1.29, 1.82) is 0 Å².